The van der Waals surface area contributed by atoms with Crippen molar-refractivity contribution in [2.24, 2.45) is 4.99 Å². The Morgan fingerprint density at radius 2 is 1.55 bits per heavy atom. The largest absolute Gasteiger partial charge is 0.497 e. The molecule has 0 aromatic heterocycles. The summed E-state index contributed by atoms with van der Waals surface area (Å²) in [6.45, 7) is 7.89. The number of rotatable bonds is 3. The van der Waals surface area contributed by atoms with E-state index in [4.69, 9.17) is 18.9 Å². The Kier molecular flexibility index (Phi) is 3.54. The number of nitrogens with zero attached hydrogens (tertiary/aromatic N) is 1. The molecule has 0 radical (unpaired) electrons. The van der Waals surface area contributed by atoms with Crippen LogP contribution in [-0.2, 0) is 9.47 Å². The molecule has 1 fully saturated rings. The molecule has 1 aliphatic heterocycles. The number of methoxy groups -OCH3 is 2. The Labute approximate surface area is 119 Å². The average Bonchev–Trinajstić information content (AvgIpc) is 2.57. The van der Waals surface area contributed by atoms with Crippen LogP contribution in [0.1, 0.15) is 27.7 Å². The molecule has 1 aromatic carbocycles. The molecule has 5 heteroatoms. The van der Waals surface area contributed by atoms with Gasteiger partial charge in [0.1, 0.15) is 28.4 Å². The van der Waals surface area contributed by atoms with Crippen molar-refractivity contribution < 1.29 is 18.9 Å². The lowest BCUT2D eigenvalue weighted by Gasteiger charge is -2.28. The molecule has 0 spiro atoms. The summed E-state index contributed by atoms with van der Waals surface area (Å²) in [6, 6.07) is 5.38. The Balaban J connectivity index is 2.33. The molecule has 0 unspecified atom stereocenters. The second-order valence-electron chi connectivity index (χ2n) is 5.64. The summed E-state index contributed by atoms with van der Waals surface area (Å²) >= 11 is 0. The number of benzene rings is 1. The Morgan fingerprint density at radius 1 is 0.950 bits per heavy atom. The van der Waals surface area contributed by atoms with Gasteiger partial charge in [0.05, 0.1) is 14.2 Å². The maximum atomic E-state index is 5.77. The van der Waals surface area contributed by atoms with Gasteiger partial charge in [0.15, 0.2) is 0 Å². The molecule has 20 heavy (non-hydrogen) atoms. The summed E-state index contributed by atoms with van der Waals surface area (Å²) in [5.74, 6) is 1.31. The van der Waals surface area contributed by atoms with E-state index in [1.165, 1.54) is 0 Å². The van der Waals surface area contributed by atoms with Crippen LogP contribution in [0, 0.1) is 0 Å². The minimum Gasteiger partial charge on any atom is -0.497 e. The molecule has 0 saturated carbocycles. The van der Waals surface area contributed by atoms with Crippen LogP contribution in [0.15, 0.2) is 23.2 Å². The topological polar surface area (TPSA) is 49.3 Å². The van der Waals surface area contributed by atoms with Crippen LogP contribution in [0.4, 0.5) is 5.69 Å². The second kappa shape index (κ2) is 4.89. The zero-order chi connectivity index (χ0) is 15.0. The molecule has 2 rings (SSSR count). The first-order valence-electron chi connectivity index (χ1n) is 6.48. The van der Waals surface area contributed by atoms with Crippen molar-refractivity contribution in [1.82, 2.24) is 0 Å². The van der Waals surface area contributed by atoms with E-state index in [9.17, 15) is 0 Å². The second-order valence-corrected chi connectivity index (χ2v) is 5.64. The Bertz CT molecular complexity index is 517. The van der Waals surface area contributed by atoms with E-state index in [1.54, 1.807) is 26.4 Å². The fraction of sp³-hybridized carbons (Fsp3) is 0.533. The van der Waals surface area contributed by atoms with Gasteiger partial charge < -0.3 is 18.9 Å². The van der Waals surface area contributed by atoms with E-state index in [0.29, 0.717) is 17.2 Å². The molecule has 1 aliphatic rings. The van der Waals surface area contributed by atoms with Crippen molar-refractivity contribution in [3.05, 3.63) is 18.2 Å². The number of aliphatic imine (C=N–C) groups is 1. The van der Waals surface area contributed by atoms with Gasteiger partial charge in [0.2, 0.25) is 0 Å². The molecule has 110 valence electrons. The SMILES string of the molecule is COc1ccc(N=C2OC(C)(C)C(C)(C)O2)c(OC)c1. The lowest BCUT2D eigenvalue weighted by Crippen LogP contribution is -2.41. The highest BCUT2D eigenvalue weighted by atomic mass is 16.7. The average molecular weight is 279 g/mol. The van der Waals surface area contributed by atoms with Crippen LogP contribution >= 0.6 is 0 Å². The molecule has 0 aliphatic carbocycles. The van der Waals surface area contributed by atoms with E-state index in [-0.39, 0.29) is 6.08 Å². The number of ether oxygens (including phenoxy) is 4. The molecule has 1 saturated heterocycles. The third kappa shape index (κ3) is 2.53. The van der Waals surface area contributed by atoms with Gasteiger partial charge in [-0.3, -0.25) is 0 Å². The minimum absolute atomic E-state index is 0.253. The van der Waals surface area contributed by atoms with Crippen LogP contribution in [0.5, 0.6) is 11.5 Å². The smallest absolute Gasteiger partial charge is 0.390 e. The van der Waals surface area contributed by atoms with Gasteiger partial charge >= 0.3 is 6.08 Å². The highest BCUT2D eigenvalue weighted by molar-refractivity contribution is 5.76. The van der Waals surface area contributed by atoms with Gasteiger partial charge in [0.25, 0.3) is 0 Å². The molecule has 0 bridgehead atoms. The van der Waals surface area contributed by atoms with Crippen molar-refractivity contribution in [1.29, 1.82) is 0 Å². The fourth-order valence-electron chi connectivity index (χ4n) is 1.72. The molecule has 0 amide bonds. The Hall–Kier alpha value is -1.91. The van der Waals surface area contributed by atoms with Crippen molar-refractivity contribution in [3.63, 3.8) is 0 Å². The van der Waals surface area contributed by atoms with Gasteiger partial charge in [-0.25, -0.2) is 0 Å². The molecular weight excluding hydrogens is 258 g/mol. The van der Waals surface area contributed by atoms with Gasteiger partial charge in [0, 0.05) is 6.07 Å². The van der Waals surface area contributed by atoms with Crippen LogP contribution in [0.2, 0.25) is 0 Å². The van der Waals surface area contributed by atoms with E-state index in [1.807, 2.05) is 33.8 Å². The first kappa shape index (κ1) is 14.5. The first-order valence-corrected chi connectivity index (χ1v) is 6.48. The maximum absolute atomic E-state index is 5.77. The van der Waals surface area contributed by atoms with E-state index < -0.39 is 11.2 Å². The van der Waals surface area contributed by atoms with Crippen molar-refractivity contribution in [2.45, 2.75) is 38.9 Å². The molecule has 1 aromatic rings. The maximum Gasteiger partial charge on any atom is 0.390 e. The van der Waals surface area contributed by atoms with E-state index >= 15 is 0 Å². The summed E-state index contributed by atoms with van der Waals surface area (Å²) < 4.78 is 22.0. The van der Waals surface area contributed by atoms with Gasteiger partial charge in [-0.1, -0.05) is 0 Å². The normalized spacial score (nSPS) is 19.0. The summed E-state index contributed by atoms with van der Waals surface area (Å²) in [4.78, 5) is 4.39. The van der Waals surface area contributed by atoms with Gasteiger partial charge in [-0.2, -0.15) is 4.99 Å². The quantitative estimate of drug-likeness (QED) is 0.852. The van der Waals surface area contributed by atoms with Crippen LogP contribution in [-0.4, -0.2) is 31.5 Å². The van der Waals surface area contributed by atoms with E-state index in [2.05, 4.69) is 4.99 Å². The summed E-state index contributed by atoms with van der Waals surface area (Å²) in [6.07, 6.45) is 0.253. The van der Waals surface area contributed by atoms with Gasteiger partial charge in [-0.15, -0.1) is 0 Å². The first-order chi connectivity index (χ1) is 9.29. The highest BCUT2D eigenvalue weighted by Crippen LogP contribution is 2.38. The lowest BCUT2D eigenvalue weighted by atomic mass is 9.90. The predicted molar refractivity (Wildman–Crippen MR) is 77.0 cm³/mol. The molecule has 0 atom stereocenters. The van der Waals surface area contributed by atoms with Crippen LogP contribution in [0.3, 0.4) is 0 Å². The van der Waals surface area contributed by atoms with E-state index in [0.717, 1.165) is 0 Å². The van der Waals surface area contributed by atoms with Crippen molar-refractivity contribution >= 4 is 11.8 Å². The van der Waals surface area contributed by atoms with Crippen LogP contribution < -0.4 is 9.47 Å². The number of hydrogen-bond acceptors (Lipinski definition) is 5. The fourth-order valence-corrected chi connectivity index (χ4v) is 1.72. The Morgan fingerprint density at radius 3 is 2.05 bits per heavy atom. The monoisotopic (exact) mass is 279 g/mol. The summed E-state index contributed by atoms with van der Waals surface area (Å²) in [5, 5.41) is 0. The van der Waals surface area contributed by atoms with Crippen molar-refractivity contribution in [3.8, 4) is 11.5 Å². The molecule has 0 N–H and O–H groups in total. The molecule has 5 nitrogen and oxygen atoms in total. The molecular formula is C15H21NO4. The third-order valence-electron chi connectivity index (χ3n) is 3.73. The summed E-state index contributed by atoms with van der Waals surface area (Å²) in [5.41, 5.74) is -0.242. The minimum atomic E-state index is -0.439. The lowest BCUT2D eigenvalue weighted by molar-refractivity contribution is 0.00578. The zero-order valence-electron chi connectivity index (χ0n) is 12.8. The zero-order valence-corrected chi connectivity index (χ0v) is 12.8. The third-order valence-corrected chi connectivity index (χ3v) is 3.73. The van der Waals surface area contributed by atoms with Gasteiger partial charge in [-0.05, 0) is 39.8 Å². The number of hydrogen-bond donors (Lipinski definition) is 0. The summed E-state index contributed by atoms with van der Waals surface area (Å²) in [7, 11) is 3.19. The predicted octanol–water partition coefficient (Wildman–Crippen LogP) is 3.30. The van der Waals surface area contributed by atoms with Crippen LogP contribution in [0.25, 0.3) is 0 Å². The standard InChI is InChI=1S/C15H21NO4/c1-14(2)15(3,4)20-13(19-14)16-11-8-7-10(17-5)9-12(11)18-6/h7-9H,1-6H3. The molecule has 1 heterocycles. The highest BCUT2D eigenvalue weighted by Gasteiger charge is 2.49. The van der Waals surface area contributed by atoms with Crippen molar-refractivity contribution in [2.75, 3.05) is 14.2 Å².